The summed E-state index contributed by atoms with van der Waals surface area (Å²) in [6, 6.07) is 6.09. The largest absolute Gasteiger partial charge is 0.378 e. The smallest absolute Gasteiger partial charge is 0.243 e. The van der Waals surface area contributed by atoms with Crippen LogP contribution in [0, 0.1) is 0 Å². The van der Waals surface area contributed by atoms with Crippen molar-refractivity contribution < 1.29 is 13.2 Å². The molecule has 1 aliphatic heterocycles. The van der Waals surface area contributed by atoms with E-state index in [0.717, 1.165) is 0 Å². The van der Waals surface area contributed by atoms with E-state index in [1.165, 1.54) is 16.4 Å². The topological polar surface area (TPSA) is 46.6 Å². The predicted molar refractivity (Wildman–Crippen MR) is 65.6 cm³/mol. The van der Waals surface area contributed by atoms with E-state index in [1.807, 2.05) is 6.92 Å². The number of ether oxygens (including phenoxy) is 1. The molecule has 0 amide bonds. The van der Waals surface area contributed by atoms with Crippen LogP contribution in [0.4, 0.5) is 0 Å². The fourth-order valence-corrected chi connectivity index (χ4v) is 3.54. The van der Waals surface area contributed by atoms with Crippen molar-refractivity contribution in [3.63, 3.8) is 0 Å². The molecule has 1 aliphatic rings. The molecule has 17 heavy (non-hydrogen) atoms. The minimum atomic E-state index is -3.43. The summed E-state index contributed by atoms with van der Waals surface area (Å²) in [5.74, 6) is 0. The van der Waals surface area contributed by atoms with Gasteiger partial charge in [0.05, 0.1) is 18.1 Å². The Morgan fingerprint density at radius 1 is 1.35 bits per heavy atom. The maximum Gasteiger partial charge on any atom is 0.243 e. The van der Waals surface area contributed by atoms with Crippen molar-refractivity contribution in [2.75, 3.05) is 19.8 Å². The van der Waals surface area contributed by atoms with Crippen LogP contribution < -0.4 is 0 Å². The second kappa shape index (κ2) is 4.94. The van der Waals surface area contributed by atoms with Crippen LogP contribution in [0.1, 0.15) is 6.92 Å². The van der Waals surface area contributed by atoms with Crippen LogP contribution in [0.25, 0.3) is 0 Å². The summed E-state index contributed by atoms with van der Waals surface area (Å²) in [6.45, 7) is 3.11. The Bertz CT molecular complexity index is 486. The molecule has 4 nitrogen and oxygen atoms in total. The summed E-state index contributed by atoms with van der Waals surface area (Å²) in [5, 5.41) is 0.527. The number of nitrogens with zero attached hydrogens (tertiary/aromatic N) is 1. The van der Waals surface area contributed by atoms with E-state index in [2.05, 4.69) is 0 Å². The van der Waals surface area contributed by atoms with Crippen LogP contribution in [0.5, 0.6) is 0 Å². The van der Waals surface area contributed by atoms with E-state index in [1.54, 1.807) is 12.1 Å². The van der Waals surface area contributed by atoms with Gasteiger partial charge in [0.2, 0.25) is 10.0 Å². The van der Waals surface area contributed by atoms with Gasteiger partial charge in [0, 0.05) is 17.6 Å². The molecule has 1 unspecified atom stereocenters. The summed E-state index contributed by atoms with van der Waals surface area (Å²) in [4.78, 5) is 0.274. The van der Waals surface area contributed by atoms with Gasteiger partial charge in [0.1, 0.15) is 0 Å². The third-order valence-electron chi connectivity index (χ3n) is 2.73. The van der Waals surface area contributed by atoms with Crippen LogP contribution in [-0.4, -0.2) is 38.5 Å². The molecule has 1 aromatic carbocycles. The normalized spacial score (nSPS) is 22.6. The lowest BCUT2D eigenvalue weighted by molar-refractivity contribution is 0.0393. The molecule has 0 aromatic heterocycles. The minimum Gasteiger partial charge on any atom is -0.378 e. The van der Waals surface area contributed by atoms with Gasteiger partial charge in [-0.2, -0.15) is 4.31 Å². The molecule has 2 rings (SSSR count). The van der Waals surface area contributed by atoms with Crippen LogP contribution in [0.15, 0.2) is 29.2 Å². The van der Waals surface area contributed by atoms with Gasteiger partial charge < -0.3 is 4.74 Å². The molecule has 0 bridgehead atoms. The van der Waals surface area contributed by atoms with Gasteiger partial charge in [-0.25, -0.2) is 8.42 Å². The number of morpholine rings is 1. The zero-order chi connectivity index (χ0) is 12.5. The third kappa shape index (κ3) is 2.63. The number of benzene rings is 1. The average Bonchev–Trinajstić information content (AvgIpc) is 2.30. The number of rotatable bonds is 2. The second-order valence-corrected chi connectivity index (χ2v) is 6.32. The van der Waals surface area contributed by atoms with Crippen LogP contribution >= 0.6 is 11.6 Å². The minimum absolute atomic E-state index is 0.135. The van der Waals surface area contributed by atoms with Crippen LogP contribution in [0.2, 0.25) is 5.02 Å². The van der Waals surface area contributed by atoms with Gasteiger partial charge in [-0.15, -0.1) is 0 Å². The summed E-state index contributed by atoms with van der Waals surface area (Å²) in [7, 11) is -3.43. The Morgan fingerprint density at radius 2 is 2.00 bits per heavy atom. The molecular formula is C11H14ClNO3S. The Kier molecular flexibility index (Phi) is 3.73. The number of hydrogen-bond donors (Lipinski definition) is 0. The number of halogens is 1. The lowest BCUT2D eigenvalue weighted by atomic mass is 10.3. The fraction of sp³-hybridized carbons (Fsp3) is 0.455. The molecule has 1 heterocycles. The zero-order valence-electron chi connectivity index (χ0n) is 9.47. The molecule has 6 heteroatoms. The number of sulfonamides is 1. The number of hydrogen-bond acceptors (Lipinski definition) is 3. The van der Waals surface area contributed by atoms with E-state index in [4.69, 9.17) is 16.3 Å². The monoisotopic (exact) mass is 275 g/mol. The van der Waals surface area contributed by atoms with Crippen molar-refractivity contribution in [2.24, 2.45) is 0 Å². The standard InChI is InChI=1S/C11H14ClNO3S/c1-9-8-16-7-6-13(9)17(14,15)11-4-2-10(12)3-5-11/h2-5,9H,6-8H2,1H3. The summed E-state index contributed by atoms with van der Waals surface area (Å²) >= 11 is 5.75. The quantitative estimate of drug-likeness (QED) is 0.826. The highest BCUT2D eigenvalue weighted by atomic mass is 35.5. The SMILES string of the molecule is CC1COCCN1S(=O)(=O)c1ccc(Cl)cc1. The molecule has 94 valence electrons. The van der Waals surface area contributed by atoms with E-state index >= 15 is 0 Å². The molecule has 1 atom stereocenters. The Balaban J connectivity index is 2.32. The fourth-order valence-electron chi connectivity index (χ4n) is 1.81. The van der Waals surface area contributed by atoms with Gasteiger partial charge in [-0.3, -0.25) is 0 Å². The van der Waals surface area contributed by atoms with E-state index in [9.17, 15) is 8.42 Å². The first-order valence-electron chi connectivity index (χ1n) is 5.37. The van der Waals surface area contributed by atoms with Crippen molar-refractivity contribution in [3.05, 3.63) is 29.3 Å². The molecule has 1 saturated heterocycles. The van der Waals surface area contributed by atoms with Gasteiger partial charge in [0.15, 0.2) is 0 Å². The van der Waals surface area contributed by atoms with Gasteiger partial charge in [-0.05, 0) is 31.2 Å². The molecule has 1 fully saturated rings. The van der Waals surface area contributed by atoms with E-state index < -0.39 is 10.0 Å². The van der Waals surface area contributed by atoms with E-state index in [-0.39, 0.29) is 10.9 Å². The molecule has 0 N–H and O–H groups in total. The highest BCUT2D eigenvalue weighted by Crippen LogP contribution is 2.21. The summed E-state index contributed by atoms with van der Waals surface area (Å²) in [6.07, 6.45) is 0. The van der Waals surface area contributed by atoms with Gasteiger partial charge in [0.25, 0.3) is 0 Å². The summed E-state index contributed by atoms with van der Waals surface area (Å²) < 4.78 is 31.4. The molecule has 1 aromatic rings. The molecule has 0 radical (unpaired) electrons. The van der Waals surface area contributed by atoms with Crippen molar-refractivity contribution in [2.45, 2.75) is 17.9 Å². The highest BCUT2D eigenvalue weighted by molar-refractivity contribution is 7.89. The first-order chi connectivity index (χ1) is 8.01. The lowest BCUT2D eigenvalue weighted by Gasteiger charge is -2.32. The lowest BCUT2D eigenvalue weighted by Crippen LogP contribution is -2.46. The third-order valence-corrected chi connectivity index (χ3v) is 5.01. The van der Waals surface area contributed by atoms with Crippen molar-refractivity contribution in [1.29, 1.82) is 0 Å². The molecular weight excluding hydrogens is 262 g/mol. The zero-order valence-corrected chi connectivity index (χ0v) is 11.0. The molecule has 0 saturated carbocycles. The van der Waals surface area contributed by atoms with Crippen LogP contribution in [-0.2, 0) is 14.8 Å². The summed E-state index contributed by atoms with van der Waals surface area (Å²) in [5.41, 5.74) is 0. The van der Waals surface area contributed by atoms with Crippen molar-refractivity contribution in [3.8, 4) is 0 Å². The predicted octanol–water partition coefficient (Wildman–Crippen LogP) is 1.75. The van der Waals surface area contributed by atoms with Crippen molar-refractivity contribution in [1.82, 2.24) is 4.31 Å². The highest BCUT2D eigenvalue weighted by Gasteiger charge is 2.31. The first kappa shape index (κ1) is 12.8. The average molecular weight is 276 g/mol. The second-order valence-electron chi connectivity index (χ2n) is 3.99. The first-order valence-corrected chi connectivity index (χ1v) is 7.19. The Hall–Kier alpha value is -0.620. The Labute approximate surface area is 106 Å². The van der Waals surface area contributed by atoms with Gasteiger partial charge >= 0.3 is 0 Å². The molecule has 0 spiro atoms. The van der Waals surface area contributed by atoms with Gasteiger partial charge in [-0.1, -0.05) is 11.6 Å². The van der Waals surface area contributed by atoms with E-state index in [0.29, 0.717) is 24.8 Å². The Morgan fingerprint density at radius 3 is 2.59 bits per heavy atom. The van der Waals surface area contributed by atoms with Crippen molar-refractivity contribution >= 4 is 21.6 Å². The molecule has 0 aliphatic carbocycles. The maximum atomic E-state index is 12.3. The maximum absolute atomic E-state index is 12.3. The van der Waals surface area contributed by atoms with Crippen LogP contribution in [0.3, 0.4) is 0 Å².